The lowest BCUT2D eigenvalue weighted by Crippen LogP contribution is -2.30. The number of carbonyl (C=O) groups excluding carboxylic acids is 1. The molecule has 4 nitrogen and oxygen atoms in total. The van der Waals surface area contributed by atoms with Gasteiger partial charge in [0.25, 0.3) is 0 Å². The van der Waals surface area contributed by atoms with E-state index in [0.717, 1.165) is 29.7 Å². The monoisotopic (exact) mass is 361 g/mol. The first-order chi connectivity index (χ1) is 13.0. The molecule has 0 aliphatic heterocycles. The van der Waals surface area contributed by atoms with Crippen molar-refractivity contribution in [2.75, 3.05) is 14.1 Å². The van der Waals surface area contributed by atoms with Crippen molar-refractivity contribution in [2.24, 2.45) is 0 Å². The molecule has 1 unspecified atom stereocenters. The van der Waals surface area contributed by atoms with E-state index >= 15 is 0 Å². The number of amides is 1. The second kappa shape index (κ2) is 8.21. The lowest BCUT2D eigenvalue weighted by Gasteiger charge is -2.17. The van der Waals surface area contributed by atoms with Crippen LogP contribution >= 0.6 is 0 Å². The minimum atomic E-state index is -0.316. The number of carbonyl (C=O) groups is 1. The van der Waals surface area contributed by atoms with Crippen LogP contribution in [-0.2, 0) is 17.6 Å². The van der Waals surface area contributed by atoms with Gasteiger partial charge in [0.2, 0.25) is 5.91 Å². The Morgan fingerprint density at radius 2 is 1.70 bits per heavy atom. The maximum Gasteiger partial charge on any atom is 0.246 e. The molecule has 0 radical (unpaired) electrons. The zero-order valence-electron chi connectivity index (χ0n) is 16.5. The van der Waals surface area contributed by atoms with Gasteiger partial charge in [-0.25, -0.2) is 0 Å². The predicted octanol–water partition coefficient (Wildman–Crippen LogP) is 4.29. The number of aromatic nitrogens is 2. The minimum Gasteiger partial charge on any atom is -0.347 e. The molecule has 0 N–H and O–H groups in total. The van der Waals surface area contributed by atoms with Gasteiger partial charge in [-0.05, 0) is 43.4 Å². The molecule has 0 bridgehead atoms. The van der Waals surface area contributed by atoms with Crippen molar-refractivity contribution in [3.05, 3.63) is 77.5 Å². The van der Waals surface area contributed by atoms with Crippen LogP contribution in [0.25, 0.3) is 11.3 Å². The molecule has 0 saturated heterocycles. The highest BCUT2D eigenvalue weighted by Crippen LogP contribution is 2.27. The summed E-state index contributed by atoms with van der Waals surface area (Å²) in [5.41, 5.74) is 5.80. The summed E-state index contributed by atoms with van der Waals surface area (Å²) in [5.74, 6) is 0.0430. The zero-order chi connectivity index (χ0) is 19.4. The Kier molecular flexibility index (Phi) is 5.75. The van der Waals surface area contributed by atoms with E-state index in [9.17, 15) is 4.79 Å². The number of hydrogen-bond acceptors (Lipinski definition) is 2. The highest BCUT2D eigenvalue weighted by atomic mass is 16.2. The lowest BCUT2D eigenvalue weighted by molar-refractivity contribution is -0.131. The minimum absolute atomic E-state index is 0.0430. The molecule has 1 heterocycles. The second-order valence-electron chi connectivity index (χ2n) is 7.19. The largest absolute Gasteiger partial charge is 0.347 e. The van der Waals surface area contributed by atoms with Crippen LogP contribution in [0.2, 0.25) is 0 Å². The van der Waals surface area contributed by atoms with Crippen LogP contribution in [-0.4, -0.2) is 34.7 Å². The van der Waals surface area contributed by atoms with Crippen LogP contribution in [0.15, 0.2) is 60.8 Å². The Morgan fingerprint density at radius 1 is 1.04 bits per heavy atom. The van der Waals surface area contributed by atoms with E-state index in [1.54, 1.807) is 23.7 Å². The molecule has 4 heteroatoms. The third kappa shape index (κ3) is 4.27. The van der Waals surface area contributed by atoms with Crippen LogP contribution in [0.5, 0.6) is 0 Å². The molecule has 140 valence electrons. The number of hydrogen-bond donors (Lipinski definition) is 0. The molecule has 3 rings (SSSR count). The molecule has 0 spiro atoms. The van der Waals surface area contributed by atoms with Crippen molar-refractivity contribution in [3.63, 3.8) is 0 Å². The fraction of sp³-hybridized carbons (Fsp3) is 0.304. The molecular formula is C23H27N3O. The molecule has 0 saturated carbocycles. The highest BCUT2D eigenvalue weighted by molar-refractivity contribution is 5.79. The van der Waals surface area contributed by atoms with Gasteiger partial charge in [0.05, 0.1) is 5.69 Å². The number of benzene rings is 2. The first-order valence-corrected chi connectivity index (χ1v) is 9.36. The summed E-state index contributed by atoms with van der Waals surface area (Å²) in [6, 6.07) is 18.6. The summed E-state index contributed by atoms with van der Waals surface area (Å²) in [4.78, 5) is 13.9. The average molecular weight is 361 g/mol. The lowest BCUT2D eigenvalue weighted by atomic mass is 9.97. The van der Waals surface area contributed by atoms with Crippen molar-refractivity contribution in [1.29, 1.82) is 0 Å². The Labute approximate surface area is 161 Å². The van der Waals surface area contributed by atoms with Gasteiger partial charge in [-0.1, -0.05) is 54.6 Å². The van der Waals surface area contributed by atoms with Crippen molar-refractivity contribution >= 4 is 5.91 Å². The summed E-state index contributed by atoms with van der Waals surface area (Å²) in [7, 11) is 3.55. The van der Waals surface area contributed by atoms with Crippen LogP contribution in [0, 0.1) is 6.92 Å². The van der Waals surface area contributed by atoms with Crippen molar-refractivity contribution < 1.29 is 4.79 Å². The van der Waals surface area contributed by atoms with Gasteiger partial charge >= 0.3 is 0 Å². The molecule has 0 fully saturated rings. The predicted molar refractivity (Wildman–Crippen MR) is 110 cm³/mol. The van der Waals surface area contributed by atoms with E-state index < -0.39 is 0 Å². The number of likely N-dealkylation sites (N-methyl/N-ethyl adjacent to an activating group) is 1. The average Bonchev–Trinajstić information content (AvgIpc) is 3.07. The Balaban J connectivity index is 1.88. The van der Waals surface area contributed by atoms with Crippen LogP contribution < -0.4 is 0 Å². The summed E-state index contributed by atoms with van der Waals surface area (Å²) in [5, 5.41) is 4.77. The SMILES string of the molecule is Cc1cn(C(C)C(=O)N(C)C)nc1-c1ccccc1CCc1ccccc1. The number of rotatable bonds is 6. The molecule has 3 aromatic rings. The van der Waals surface area contributed by atoms with Gasteiger partial charge in [0.15, 0.2) is 0 Å². The molecule has 1 amide bonds. The Morgan fingerprint density at radius 3 is 2.41 bits per heavy atom. The fourth-order valence-corrected chi connectivity index (χ4v) is 3.33. The van der Waals surface area contributed by atoms with Crippen molar-refractivity contribution in [3.8, 4) is 11.3 Å². The summed E-state index contributed by atoms with van der Waals surface area (Å²) in [6.45, 7) is 3.94. The van der Waals surface area contributed by atoms with Gasteiger partial charge in [0.1, 0.15) is 6.04 Å². The topological polar surface area (TPSA) is 38.1 Å². The van der Waals surface area contributed by atoms with E-state index in [2.05, 4.69) is 49.4 Å². The smallest absolute Gasteiger partial charge is 0.246 e. The second-order valence-corrected chi connectivity index (χ2v) is 7.19. The molecular weight excluding hydrogens is 334 g/mol. The maximum atomic E-state index is 12.3. The van der Waals surface area contributed by atoms with E-state index in [-0.39, 0.29) is 11.9 Å². The van der Waals surface area contributed by atoms with Gasteiger partial charge in [-0.2, -0.15) is 5.10 Å². The van der Waals surface area contributed by atoms with E-state index in [0.29, 0.717) is 0 Å². The first-order valence-electron chi connectivity index (χ1n) is 9.36. The third-order valence-electron chi connectivity index (χ3n) is 4.91. The van der Waals surface area contributed by atoms with E-state index in [1.807, 2.05) is 25.3 Å². The van der Waals surface area contributed by atoms with Gasteiger partial charge in [-0.3, -0.25) is 9.48 Å². The molecule has 0 aliphatic rings. The van der Waals surface area contributed by atoms with Crippen molar-refractivity contribution in [1.82, 2.24) is 14.7 Å². The number of nitrogens with zero attached hydrogens (tertiary/aromatic N) is 3. The molecule has 27 heavy (non-hydrogen) atoms. The van der Waals surface area contributed by atoms with Gasteiger partial charge in [-0.15, -0.1) is 0 Å². The highest BCUT2D eigenvalue weighted by Gasteiger charge is 2.20. The Bertz CT molecular complexity index is 912. The van der Waals surface area contributed by atoms with Crippen LogP contribution in [0.3, 0.4) is 0 Å². The zero-order valence-corrected chi connectivity index (χ0v) is 16.5. The standard InChI is InChI=1S/C23H27N3O/c1-17-16-26(18(2)23(27)25(3)4)24-22(17)21-13-9-8-12-20(21)15-14-19-10-6-5-7-11-19/h5-13,16,18H,14-15H2,1-4H3. The molecule has 0 aliphatic carbocycles. The Hall–Kier alpha value is -2.88. The third-order valence-corrected chi connectivity index (χ3v) is 4.91. The van der Waals surface area contributed by atoms with Gasteiger partial charge in [0, 0.05) is 25.9 Å². The molecule has 1 atom stereocenters. The summed E-state index contributed by atoms with van der Waals surface area (Å²) >= 11 is 0. The van der Waals surface area contributed by atoms with Crippen LogP contribution in [0.1, 0.15) is 29.7 Å². The normalized spacial score (nSPS) is 12.0. The van der Waals surface area contributed by atoms with Crippen molar-refractivity contribution in [2.45, 2.75) is 32.7 Å². The van der Waals surface area contributed by atoms with E-state index in [1.165, 1.54) is 11.1 Å². The fourth-order valence-electron chi connectivity index (χ4n) is 3.33. The van der Waals surface area contributed by atoms with Gasteiger partial charge < -0.3 is 4.90 Å². The molecule has 1 aromatic heterocycles. The first kappa shape index (κ1) is 18.9. The van der Waals surface area contributed by atoms with E-state index in [4.69, 9.17) is 5.10 Å². The number of aryl methyl sites for hydroxylation is 3. The summed E-state index contributed by atoms with van der Waals surface area (Å²) in [6.07, 6.45) is 3.92. The maximum absolute atomic E-state index is 12.3. The quantitative estimate of drug-likeness (QED) is 0.657. The van der Waals surface area contributed by atoms with Crippen LogP contribution in [0.4, 0.5) is 0 Å². The summed E-state index contributed by atoms with van der Waals surface area (Å²) < 4.78 is 1.78. The molecule has 2 aromatic carbocycles.